The summed E-state index contributed by atoms with van der Waals surface area (Å²) in [6, 6.07) is 0.114. The molecule has 22 heavy (non-hydrogen) atoms. The molecule has 1 N–H and O–H groups in total. The Morgan fingerprint density at radius 1 is 1.41 bits per heavy atom. The maximum absolute atomic E-state index is 12.0. The number of aryl methyl sites for hydroxylation is 1. The lowest BCUT2D eigenvalue weighted by Crippen LogP contribution is -2.29. The van der Waals surface area contributed by atoms with Crippen molar-refractivity contribution in [3.63, 3.8) is 0 Å². The second-order valence-electron chi connectivity index (χ2n) is 5.64. The van der Waals surface area contributed by atoms with E-state index >= 15 is 0 Å². The van der Waals surface area contributed by atoms with E-state index in [0.717, 1.165) is 12.1 Å². The highest BCUT2D eigenvalue weighted by Crippen LogP contribution is 2.13. The second-order valence-corrected chi connectivity index (χ2v) is 5.64. The number of aromatic nitrogens is 4. The zero-order valence-corrected chi connectivity index (χ0v) is 13.8. The van der Waals surface area contributed by atoms with Crippen LogP contribution in [0.4, 0.5) is 0 Å². The van der Waals surface area contributed by atoms with E-state index in [1.165, 1.54) is 11.3 Å². The van der Waals surface area contributed by atoms with E-state index in [1.54, 1.807) is 12.5 Å². The van der Waals surface area contributed by atoms with Crippen molar-refractivity contribution in [2.45, 2.75) is 53.1 Å². The molecule has 0 aromatic carbocycles. The summed E-state index contributed by atoms with van der Waals surface area (Å²) in [5.74, 6) is 0.0541. The van der Waals surface area contributed by atoms with E-state index in [4.69, 9.17) is 0 Å². The van der Waals surface area contributed by atoms with Crippen molar-refractivity contribution in [3.8, 4) is 0 Å². The Morgan fingerprint density at radius 3 is 2.77 bits per heavy atom. The van der Waals surface area contributed by atoms with Gasteiger partial charge in [-0.05, 0) is 32.8 Å². The molecule has 120 valence electrons. The van der Waals surface area contributed by atoms with Crippen molar-refractivity contribution < 1.29 is 4.79 Å². The second kappa shape index (κ2) is 7.24. The third kappa shape index (κ3) is 3.75. The fourth-order valence-electron chi connectivity index (χ4n) is 2.74. The van der Waals surface area contributed by atoms with Crippen LogP contribution >= 0.6 is 0 Å². The number of carbonyl (C=O) groups is 1. The minimum atomic E-state index is 0.0541. The van der Waals surface area contributed by atoms with Gasteiger partial charge in [-0.3, -0.25) is 9.48 Å². The number of nitrogens with zero attached hydrogens (tertiary/aromatic N) is 4. The molecule has 0 aliphatic heterocycles. The van der Waals surface area contributed by atoms with E-state index in [-0.39, 0.29) is 11.9 Å². The summed E-state index contributed by atoms with van der Waals surface area (Å²) in [6.07, 6.45) is 6.78. The van der Waals surface area contributed by atoms with Crippen molar-refractivity contribution in [2.24, 2.45) is 0 Å². The SMILES string of the molecule is CCc1c(C)nn(CCNC(=O)C[C@@H](C)n2ccnc2)c1C. The van der Waals surface area contributed by atoms with Crippen LogP contribution < -0.4 is 5.32 Å². The first-order chi connectivity index (χ1) is 10.5. The number of hydrogen-bond donors (Lipinski definition) is 1. The van der Waals surface area contributed by atoms with Crippen molar-refractivity contribution in [3.05, 3.63) is 35.7 Å². The lowest BCUT2D eigenvalue weighted by atomic mass is 10.1. The van der Waals surface area contributed by atoms with Crippen LogP contribution in [0.1, 0.15) is 43.3 Å². The minimum Gasteiger partial charge on any atom is -0.354 e. The largest absolute Gasteiger partial charge is 0.354 e. The Morgan fingerprint density at radius 2 is 2.18 bits per heavy atom. The topological polar surface area (TPSA) is 64.7 Å². The Bertz CT molecular complexity index is 615. The van der Waals surface area contributed by atoms with Gasteiger partial charge in [0.05, 0.1) is 18.6 Å². The normalized spacial score (nSPS) is 12.4. The first kappa shape index (κ1) is 16.3. The van der Waals surface area contributed by atoms with Crippen LogP contribution in [-0.2, 0) is 17.8 Å². The van der Waals surface area contributed by atoms with Gasteiger partial charge in [0.25, 0.3) is 0 Å². The number of carbonyl (C=O) groups excluding carboxylic acids is 1. The highest BCUT2D eigenvalue weighted by molar-refractivity contribution is 5.76. The fourth-order valence-corrected chi connectivity index (χ4v) is 2.74. The summed E-state index contributed by atoms with van der Waals surface area (Å²) in [4.78, 5) is 16.0. The van der Waals surface area contributed by atoms with Gasteiger partial charge >= 0.3 is 0 Å². The molecule has 0 bridgehead atoms. The molecule has 2 aromatic heterocycles. The molecule has 0 unspecified atom stereocenters. The van der Waals surface area contributed by atoms with Crippen molar-refractivity contribution in [2.75, 3.05) is 6.54 Å². The predicted octanol–water partition coefficient (Wildman–Crippen LogP) is 2.03. The number of imidazole rings is 1. The average molecular weight is 303 g/mol. The zero-order valence-electron chi connectivity index (χ0n) is 13.8. The number of hydrogen-bond acceptors (Lipinski definition) is 3. The standard InChI is InChI=1S/C16H25N5O/c1-5-15-13(3)19-21(14(15)4)9-7-18-16(22)10-12(2)20-8-6-17-11-20/h6,8,11-12H,5,7,9-10H2,1-4H3,(H,18,22)/t12-/m1/s1. The quantitative estimate of drug-likeness (QED) is 0.851. The summed E-state index contributed by atoms with van der Waals surface area (Å²) in [5.41, 5.74) is 3.58. The van der Waals surface area contributed by atoms with E-state index in [0.29, 0.717) is 19.5 Å². The maximum Gasteiger partial charge on any atom is 0.222 e. The zero-order chi connectivity index (χ0) is 16.1. The summed E-state index contributed by atoms with van der Waals surface area (Å²) in [7, 11) is 0. The molecule has 0 fully saturated rings. The van der Waals surface area contributed by atoms with Crippen LogP contribution in [0.3, 0.4) is 0 Å². The molecule has 0 spiro atoms. The van der Waals surface area contributed by atoms with Crippen LogP contribution in [0.25, 0.3) is 0 Å². The van der Waals surface area contributed by atoms with Crippen molar-refractivity contribution in [1.29, 1.82) is 0 Å². The van der Waals surface area contributed by atoms with Gasteiger partial charge in [-0.2, -0.15) is 5.10 Å². The third-order valence-corrected chi connectivity index (χ3v) is 4.05. The lowest BCUT2D eigenvalue weighted by Gasteiger charge is -2.13. The number of amides is 1. The molecule has 2 heterocycles. The van der Waals surface area contributed by atoms with E-state index in [2.05, 4.69) is 29.2 Å². The Balaban J connectivity index is 1.80. The van der Waals surface area contributed by atoms with Crippen LogP contribution in [0.5, 0.6) is 0 Å². The average Bonchev–Trinajstić information content (AvgIpc) is 3.08. The first-order valence-corrected chi connectivity index (χ1v) is 7.80. The van der Waals surface area contributed by atoms with E-state index < -0.39 is 0 Å². The van der Waals surface area contributed by atoms with Crippen molar-refractivity contribution >= 4 is 5.91 Å². The van der Waals surface area contributed by atoms with Gasteiger partial charge in [-0.1, -0.05) is 6.92 Å². The molecule has 0 aliphatic carbocycles. The number of nitrogens with one attached hydrogen (secondary N) is 1. The summed E-state index contributed by atoms with van der Waals surface area (Å²) in [5, 5.41) is 7.50. The van der Waals surface area contributed by atoms with Crippen LogP contribution in [0.2, 0.25) is 0 Å². The maximum atomic E-state index is 12.0. The molecule has 6 nitrogen and oxygen atoms in total. The highest BCUT2D eigenvalue weighted by Gasteiger charge is 2.11. The molecule has 0 radical (unpaired) electrons. The van der Waals surface area contributed by atoms with Crippen LogP contribution in [0.15, 0.2) is 18.7 Å². The highest BCUT2D eigenvalue weighted by atomic mass is 16.1. The molecule has 2 rings (SSSR count). The van der Waals surface area contributed by atoms with E-state index in [1.807, 2.05) is 29.3 Å². The molecule has 6 heteroatoms. The van der Waals surface area contributed by atoms with Gasteiger partial charge in [0.2, 0.25) is 5.91 Å². The van der Waals surface area contributed by atoms with Crippen LogP contribution in [0, 0.1) is 13.8 Å². The monoisotopic (exact) mass is 303 g/mol. The third-order valence-electron chi connectivity index (χ3n) is 4.05. The first-order valence-electron chi connectivity index (χ1n) is 7.80. The molecular weight excluding hydrogens is 278 g/mol. The number of rotatable bonds is 7. The van der Waals surface area contributed by atoms with Gasteiger partial charge in [-0.15, -0.1) is 0 Å². The molecule has 2 aromatic rings. The molecule has 0 saturated carbocycles. The summed E-state index contributed by atoms with van der Waals surface area (Å²) < 4.78 is 3.92. The fraction of sp³-hybridized carbons (Fsp3) is 0.562. The van der Waals surface area contributed by atoms with Crippen molar-refractivity contribution in [1.82, 2.24) is 24.6 Å². The van der Waals surface area contributed by atoms with E-state index in [9.17, 15) is 4.79 Å². The molecular formula is C16H25N5O. The van der Waals surface area contributed by atoms with Gasteiger partial charge < -0.3 is 9.88 Å². The van der Waals surface area contributed by atoms with Gasteiger partial charge in [-0.25, -0.2) is 4.98 Å². The summed E-state index contributed by atoms with van der Waals surface area (Å²) in [6.45, 7) is 9.57. The molecule has 1 atom stereocenters. The lowest BCUT2D eigenvalue weighted by molar-refractivity contribution is -0.121. The van der Waals surface area contributed by atoms with Gasteiger partial charge in [0.1, 0.15) is 0 Å². The summed E-state index contributed by atoms with van der Waals surface area (Å²) >= 11 is 0. The molecule has 0 saturated heterocycles. The Hall–Kier alpha value is -2.11. The Labute approximate surface area is 131 Å². The Kier molecular flexibility index (Phi) is 5.35. The van der Waals surface area contributed by atoms with Gasteiger partial charge in [0, 0.05) is 37.1 Å². The van der Waals surface area contributed by atoms with Gasteiger partial charge in [0.15, 0.2) is 0 Å². The predicted molar refractivity (Wildman–Crippen MR) is 85.6 cm³/mol. The minimum absolute atomic E-state index is 0.0541. The smallest absolute Gasteiger partial charge is 0.222 e. The molecule has 1 amide bonds. The molecule has 0 aliphatic rings. The van der Waals surface area contributed by atoms with Crippen LogP contribution in [-0.4, -0.2) is 31.8 Å².